The van der Waals surface area contributed by atoms with E-state index in [2.05, 4.69) is 16.3 Å². The minimum absolute atomic E-state index is 0.177. The minimum atomic E-state index is -0.177. The topological polar surface area (TPSA) is 15.3 Å². The predicted molar refractivity (Wildman–Crippen MR) is 64.7 cm³/mol. The van der Waals surface area contributed by atoms with E-state index >= 15 is 0 Å². The quantitative estimate of drug-likeness (QED) is 0.834. The van der Waals surface area contributed by atoms with E-state index in [1.807, 2.05) is 12.1 Å². The number of piperazine rings is 1. The lowest BCUT2D eigenvalue weighted by molar-refractivity contribution is 0.265. The Morgan fingerprint density at radius 3 is 2.88 bits per heavy atom. The summed E-state index contributed by atoms with van der Waals surface area (Å²) in [6, 6.07) is 6.67. The van der Waals surface area contributed by atoms with Crippen molar-refractivity contribution in [1.82, 2.24) is 10.2 Å². The fourth-order valence-corrected chi connectivity index (χ4v) is 1.84. The predicted octanol–water partition coefficient (Wildman–Crippen LogP) is 1.74. The van der Waals surface area contributed by atoms with Gasteiger partial charge in [-0.05, 0) is 17.7 Å². The van der Waals surface area contributed by atoms with Crippen molar-refractivity contribution in [1.29, 1.82) is 0 Å². The second-order valence-electron chi connectivity index (χ2n) is 4.01. The van der Waals surface area contributed by atoms with E-state index in [0.29, 0.717) is 0 Å². The average Bonchev–Trinajstić information content (AvgIpc) is 2.30. The van der Waals surface area contributed by atoms with Crippen molar-refractivity contribution in [2.24, 2.45) is 0 Å². The van der Waals surface area contributed by atoms with E-state index in [1.165, 1.54) is 6.07 Å². The number of nitrogens with zero attached hydrogens (tertiary/aromatic N) is 1. The molecule has 1 N–H and O–H groups in total. The van der Waals surface area contributed by atoms with Crippen LogP contribution in [0.25, 0.3) is 6.08 Å². The van der Waals surface area contributed by atoms with Gasteiger partial charge in [-0.2, -0.15) is 0 Å². The van der Waals surface area contributed by atoms with Gasteiger partial charge in [0.25, 0.3) is 0 Å². The van der Waals surface area contributed by atoms with Crippen molar-refractivity contribution in [3.63, 3.8) is 0 Å². The van der Waals surface area contributed by atoms with Crippen molar-refractivity contribution in [2.75, 3.05) is 32.7 Å². The molecule has 1 aliphatic heterocycles. The molecule has 0 amide bonds. The first-order valence-electron chi connectivity index (χ1n) is 5.70. The molecule has 0 aromatic heterocycles. The molecule has 1 heterocycles. The second kappa shape index (κ2) is 5.77. The van der Waals surface area contributed by atoms with E-state index in [0.717, 1.165) is 38.3 Å². The molecule has 2 rings (SSSR count). The van der Waals surface area contributed by atoms with Gasteiger partial charge in [0, 0.05) is 32.7 Å². The molecule has 1 aromatic rings. The molecule has 86 valence electrons. The SMILES string of the molecule is Fc1cccc(C=CCN2CCNCC2)c1. The molecular formula is C13H17FN2. The molecule has 0 atom stereocenters. The van der Waals surface area contributed by atoms with E-state index in [1.54, 1.807) is 12.1 Å². The summed E-state index contributed by atoms with van der Waals surface area (Å²) in [7, 11) is 0. The number of halogens is 1. The maximum absolute atomic E-state index is 12.9. The monoisotopic (exact) mass is 220 g/mol. The van der Waals surface area contributed by atoms with Gasteiger partial charge in [0.05, 0.1) is 0 Å². The van der Waals surface area contributed by atoms with Crippen molar-refractivity contribution in [2.45, 2.75) is 0 Å². The van der Waals surface area contributed by atoms with Gasteiger partial charge in [-0.1, -0.05) is 24.3 Å². The van der Waals surface area contributed by atoms with Crippen LogP contribution in [0, 0.1) is 5.82 Å². The molecule has 3 heteroatoms. The number of benzene rings is 1. The summed E-state index contributed by atoms with van der Waals surface area (Å²) >= 11 is 0. The number of rotatable bonds is 3. The van der Waals surface area contributed by atoms with Gasteiger partial charge in [0.2, 0.25) is 0 Å². The van der Waals surface area contributed by atoms with Crippen molar-refractivity contribution in [3.8, 4) is 0 Å². The van der Waals surface area contributed by atoms with Crippen LogP contribution >= 0.6 is 0 Å². The first-order valence-corrected chi connectivity index (χ1v) is 5.70. The highest BCUT2D eigenvalue weighted by atomic mass is 19.1. The summed E-state index contributed by atoms with van der Waals surface area (Å²) in [6.45, 7) is 5.25. The summed E-state index contributed by atoms with van der Waals surface area (Å²) in [6.07, 6.45) is 4.07. The highest BCUT2D eigenvalue weighted by molar-refractivity contribution is 5.49. The summed E-state index contributed by atoms with van der Waals surface area (Å²) in [5, 5.41) is 3.31. The van der Waals surface area contributed by atoms with Crippen LogP contribution in [0.2, 0.25) is 0 Å². The summed E-state index contributed by atoms with van der Waals surface area (Å²) in [5.74, 6) is -0.177. The zero-order chi connectivity index (χ0) is 11.2. The van der Waals surface area contributed by atoms with Crippen LogP contribution in [-0.2, 0) is 0 Å². The zero-order valence-electron chi connectivity index (χ0n) is 9.32. The smallest absolute Gasteiger partial charge is 0.123 e. The normalized spacial score (nSPS) is 18.1. The summed E-state index contributed by atoms with van der Waals surface area (Å²) < 4.78 is 12.9. The molecular weight excluding hydrogens is 203 g/mol. The molecule has 1 aliphatic rings. The van der Waals surface area contributed by atoms with Gasteiger partial charge in [0.15, 0.2) is 0 Å². The first kappa shape index (κ1) is 11.3. The van der Waals surface area contributed by atoms with E-state index in [-0.39, 0.29) is 5.82 Å². The first-order chi connectivity index (χ1) is 7.84. The fraction of sp³-hybridized carbons (Fsp3) is 0.385. The molecule has 0 spiro atoms. The largest absolute Gasteiger partial charge is 0.314 e. The Bertz CT molecular complexity index is 357. The Kier molecular flexibility index (Phi) is 4.08. The lowest BCUT2D eigenvalue weighted by atomic mass is 10.2. The molecule has 0 unspecified atom stereocenters. The van der Waals surface area contributed by atoms with Crippen molar-refractivity contribution < 1.29 is 4.39 Å². The Hall–Kier alpha value is -1.19. The lowest BCUT2D eigenvalue weighted by Gasteiger charge is -2.25. The third-order valence-corrected chi connectivity index (χ3v) is 2.73. The summed E-state index contributed by atoms with van der Waals surface area (Å²) in [4.78, 5) is 2.38. The number of hydrogen-bond donors (Lipinski definition) is 1. The highest BCUT2D eigenvalue weighted by Crippen LogP contribution is 2.05. The van der Waals surface area contributed by atoms with E-state index in [9.17, 15) is 4.39 Å². The maximum atomic E-state index is 12.9. The van der Waals surface area contributed by atoms with Crippen LogP contribution in [0.4, 0.5) is 4.39 Å². The fourth-order valence-electron chi connectivity index (χ4n) is 1.84. The van der Waals surface area contributed by atoms with Crippen LogP contribution in [0.3, 0.4) is 0 Å². The van der Waals surface area contributed by atoms with Crippen molar-refractivity contribution in [3.05, 3.63) is 41.7 Å². The van der Waals surface area contributed by atoms with Crippen LogP contribution in [-0.4, -0.2) is 37.6 Å². The molecule has 1 fully saturated rings. The second-order valence-corrected chi connectivity index (χ2v) is 4.01. The Morgan fingerprint density at radius 1 is 1.31 bits per heavy atom. The third-order valence-electron chi connectivity index (χ3n) is 2.73. The number of hydrogen-bond acceptors (Lipinski definition) is 2. The van der Waals surface area contributed by atoms with Crippen LogP contribution < -0.4 is 5.32 Å². The Balaban J connectivity index is 1.84. The van der Waals surface area contributed by atoms with Gasteiger partial charge in [0.1, 0.15) is 5.82 Å². The van der Waals surface area contributed by atoms with Gasteiger partial charge in [-0.25, -0.2) is 4.39 Å². The molecule has 1 aromatic carbocycles. The zero-order valence-corrected chi connectivity index (χ0v) is 9.32. The van der Waals surface area contributed by atoms with E-state index < -0.39 is 0 Å². The Morgan fingerprint density at radius 2 is 2.12 bits per heavy atom. The maximum Gasteiger partial charge on any atom is 0.123 e. The highest BCUT2D eigenvalue weighted by Gasteiger charge is 2.06. The Labute approximate surface area is 95.8 Å². The number of nitrogens with one attached hydrogen (secondary N) is 1. The van der Waals surface area contributed by atoms with E-state index in [4.69, 9.17) is 0 Å². The molecule has 1 saturated heterocycles. The van der Waals surface area contributed by atoms with Crippen LogP contribution in [0.15, 0.2) is 30.3 Å². The molecule has 16 heavy (non-hydrogen) atoms. The standard InChI is InChI=1S/C13H17FN2/c14-13-5-1-3-12(11-13)4-2-8-16-9-6-15-7-10-16/h1-5,11,15H,6-10H2. The van der Waals surface area contributed by atoms with Gasteiger partial charge in [-0.3, -0.25) is 4.90 Å². The third kappa shape index (κ3) is 3.43. The lowest BCUT2D eigenvalue weighted by Crippen LogP contribution is -2.43. The molecule has 0 aliphatic carbocycles. The molecule has 0 bridgehead atoms. The summed E-state index contributed by atoms with van der Waals surface area (Å²) in [5.41, 5.74) is 0.926. The minimum Gasteiger partial charge on any atom is -0.314 e. The van der Waals surface area contributed by atoms with Crippen molar-refractivity contribution >= 4 is 6.08 Å². The van der Waals surface area contributed by atoms with Crippen LogP contribution in [0.5, 0.6) is 0 Å². The van der Waals surface area contributed by atoms with Gasteiger partial charge >= 0.3 is 0 Å². The molecule has 0 radical (unpaired) electrons. The van der Waals surface area contributed by atoms with Gasteiger partial charge < -0.3 is 5.32 Å². The van der Waals surface area contributed by atoms with Crippen LogP contribution in [0.1, 0.15) is 5.56 Å². The molecule has 2 nitrogen and oxygen atoms in total. The van der Waals surface area contributed by atoms with Gasteiger partial charge in [-0.15, -0.1) is 0 Å². The molecule has 0 saturated carbocycles. The average molecular weight is 220 g/mol.